The van der Waals surface area contributed by atoms with Crippen LogP contribution in [0.1, 0.15) is 24.0 Å². The molecule has 0 amide bonds. The van der Waals surface area contributed by atoms with Crippen LogP contribution in [-0.4, -0.2) is 67.3 Å². The predicted molar refractivity (Wildman–Crippen MR) is 127 cm³/mol. The second-order valence-corrected chi connectivity index (χ2v) is 8.38. The van der Waals surface area contributed by atoms with Gasteiger partial charge in [-0.15, -0.1) is 0 Å². The smallest absolute Gasteiger partial charge is 0.193 e. The normalized spacial score (nSPS) is 15.7. The van der Waals surface area contributed by atoms with Crippen molar-refractivity contribution in [1.82, 2.24) is 15.1 Å². The van der Waals surface area contributed by atoms with Gasteiger partial charge in [-0.25, -0.2) is 0 Å². The first-order valence-electron chi connectivity index (χ1n) is 10.8. The Morgan fingerprint density at radius 2 is 1.77 bits per heavy atom. The Hall–Kier alpha value is -2.28. The van der Waals surface area contributed by atoms with Gasteiger partial charge in [0.1, 0.15) is 12.4 Å². The zero-order valence-electron chi connectivity index (χ0n) is 18.4. The molecule has 0 aromatic heterocycles. The summed E-state index contributed by atoms with van der Waals surface area (Å²) in [6, 6.07) is 16.1. The van der Waals surface area contributed by atoms with Crippen molar-refractivity contribution >= 4 is 17.6 Å². The first-order valence-corrected chi connectivity index (χ1v) is 11.2. The molecule has 0 saturated carbocycles. The number of hydrogen-bond acceptors (Lipinski definition) is 4. The number of hydrogen-bond donors (Lipinski definition) is 2. The molecule has 1 heterocycles. The zero-order chi connectivity index (χ0) is 22.1. The van der Waals surface area contributed by atoms with Crippen LogP contribution in [0.5, 0.6) is 5.75 Å². The first kappa shape index (κ1) is 23.4. The number of nitrogens with zero attached hydrogens (tertiary/aromatic N) is 3. The van der Waals surface area contributed by atoms with Crippen molar-refractivity contribution in [1.29, 1.82) is 0 Å². The van der Waals surface area contributed by atoms with Crippen LogP contribution < -0.4 is 10.1 Å². The van der Waals surface area contributed by atoms with E-state index in [9.17, 15) is 5.11 Å². The quantitative estimate of drug-likeness (QED) is 0.482. The summed E-state index contributed by atoms with van der Waals surface area (Å²) in [5.74, 6) is 1.64. The zero-order valence-corrected chi connectivity index (χ0v) is 19.2. The number of piperidine rings is 1. The van der Waals surface area contributed by atoms with E-state index >= 15 is 0 Å². The number of benzene rings is 2. The Labute approximate surface area is 190 Å². The van der Waals surface area contributed by atoms with Crippen molar-refractivity contribution in [3.8, 4) is 5.75 Å². The molecule has 3 rings (SSSR count). The van der Waals surface area contributed by atoms with E-state index in [0.717, 1.165) is 44.2 Å². The fraction of sp³-hybridized carbons (Fsp3) is 0.458. The second kappa shape index (κ2) is 11.9. The molecule has 1 saturated heterocycles. The van der Waals surface area contributed by atoms with Crippen LogP contribution in [-0.2, 0) is 13.1 Å². The van der Waals surface area contributed by atoms with Crippen LogP contribution in [0.25, 0.3) is 0 Å². The molecular formula is C24H33ClN4O2. The number of aliphatic hydroxyl groups excluding tert-OH is 1. The van der Waals surface area contributed by atoms with Gasteiger partial charge in [-0.05, 0) is 48.2 Å². The lowest BCUT2D eigenvalue weighted by atomic mass is 10.1. The van der Waals surface area contributed by atoms with Crippen LogP contribution in [0.15, 0.2) is 53.5 Å². The topological polar surface area (TPSA) is 60.3 Å². The van der Waals surface area contributed by atoms with Gasteiger partial charge in [0, 0.05) is 45.3 Å². The van der Waals surface area contributed by atoms with E-state index in [-0.39, 0.29) is 6.10 Å². The number of halogens is 1. The minimum atomic E-state index is -0.124. The molecule has 2 aromatic rings. The molecule has 0 aliphatic carbocycles. The van der Waals surface area contributed by atoms with E-state index < -0.39 is 0 Å². The van der Waals surface area contributed by atoms with Crippen LogP contribution in [0.2, 0.25) is 5.02 Å². The molecule has 0 atom stereocenters. The average Bonchev–Trinajstić information content (AvgIpc) is 2.78. The lowest BCUT2D eigenvalue weighted by Gasteiger charge is -2.29. The molecule has 1 fully saturated rings. The molecule has 1 aliphatic heterocycles. The predicted octanol–water partition coefficient (Wildman–Crippen LogP) is 3.38. The average molecular weight is 445 g/mol. The number of likely N-dealkylation sites (tertiary alicyclic amines) is 1. The molecule has 0 bridgehead atoms. The summed E-state index contributed by atoms with van der Waals surface area (Å²) in [4.78, 5) is 8.83. The highest BCUT2D eigenvalue weighted by Gasteiger charge is 2.16. The number of aliphatic hydroxyl groups is 1. The maximum atomic E-state index is 9.64. The molecule has 31 heavy (non-hydrogen) atoms. The number of rotatable bonds is 8. The highest BCUT2D eigenvalue weighted by Crippen LogP contribution is 2.16. The highest BCUT2D eigenvalue weighted by atomic mass is 35.5. The Bertz CT molecular complexity index is 818. The summed E-state index contributed by atoms with van der Waals surface area (Å²) in [6.45, 7) is 4.86. The van der Waals surface area contributed by atoms with Gasteiger partial charge in [-0.3, -0.25) is 9.89 Å². The van der Waals surface area contributed by atoms with Gasteiger partial charge in [0.2, 0.25) is 0 Å². The summed E-state index contributed by atoms with van der Waals surface area (Å²) < 4.78 is 5.77. The van der Waals surface area contributed by atoms with Gasteiger partial charge in [-0.2, -0.15) is 0 Å². The van der Waals surface area contributed by atoms with E-state index in [1.54, 1.807) is 7.05 Å². The summed E-state index contributed by atoms with van der Waals surface area (Å²) in [5, 5.41) is 13.8. The van der Waals surface area contributed by atoms with E-state index in [0.29, 0.717) is 24.7 Å². The third kappa shape index (κ3) is 7.73. The number of aliphatic imine (C=N–C) groups is 1. The van der Waals surface area contributed by atoms with Gasteiger partial charge < -0.3 is 20.1 Å². The van der Waals surface area contributed by atoms with Gasteiger partial charge >= 0.3 is 0 Å². The van der Waals surface area contributed by atoms with Crippen molar-refractivity contribution in [2.24, 2.45) is 4.99 Å². The standard InChI is InChI=1S/C24H33ClN4O2/c1-26-24(28(2)15-16-31-23-9-7-21(25)8-10-23)27-17-19-3-5-20(6-4-19)18-29-13-11-22(30)12-14-29/h3-10,22,30H,11-18H2,1-2H3,(H,26,27). The Balaban J connectivity index is 1.40. The Kier molecular flexibility index (Phi) is 9.00. The number of nitrogens with one attached hydrogen (secondary N) is 1. The van der Waals surface area contributed by atoms with E-state index in [2.05, 4.69) is 44.4 Å². The van der Waals surface area contributed by atoms with E-state index in [4.69, 9.17) is 16.3 Å². The van der Waals surface area contributed by atoms with E-state index in [1.165, 1.54) is 11.1 Å². The van der Waals surface area contributed by atoms with Gasteiger partial charge in [0.15, 0.2) is 5.96 Å². The summed E-state index contributed by atoms with van der Waals surface area (Å²) in [6.07, 6.45) is 1.62. The summed E-state index contributed by atoms with van der Waals surface area (Å²) in [5.41, 5.74) is 2.52. The molecule has 0 spiro atoms. The lowest BCUT2D eigenvalue weighted by molar-refractivity contribution is 0.0792. The van der Waals surface area contributed by atoms with Crippen LogP contribution in [0, 0.1) is 0 Å². The van der Waals surface area contributed by atoms with Crippen LogP contribution >= 0.6 is 11.6 Å². The molecule has 7 heteroatoms. The highest BCUT2D eigenvalue weighted by molar-refractivity contribution is 6.30. The molecule has 6 nitrogen and oxygen atoms in total. The summed E-state index contributed by atoms with van der Waals surface area (Å²) >= 11 is 5.90. The second-order valence-electron chi connectivity index (χ2n) is 7.95. The first-order chi connectivity index (χ1) is 15.0. The third-order valence-electron chi connectivity index (χ3n) is 5.52. The molecule has 0 radical (unpaired) electrons. The lowest BCUT2D eigenvalue weighted by Crippen LogP contribution is -2.40. The monoisotopic (exact) mass is 444 g/mol. The molecule has 1 aliphatic rings. The maximum absolute atomic E-state index is 9.64. The SMILES string of the molecule is CN=C(NCc1ccc(CN2CCC(O)CC2)cc1)N(C)CCOc1ccc(Cl)cc1. The van der Waals surface area contributed by atoms with Crippen LogP contribution in [0.3, 0.4) is 0 Å². The third-order valence-corrected chi connectivity index (χ3v) is 5.77. The molecule has 168 valence electrons. The van der Waals surface area contributed by atoms with Crippen molar-refractivity contribution in [3.63, 3.8) is 0 Å². The fourth-order valence-corrected chi connectivity index (χ4v) is 3.73. The minimum Gasteiger partial charge on any atom is -0.492 e. The maximum Gasteiger partial charge on any atom is 0.193 e. The van der Waals surface area contributed by atoms with Crippen molar-refractivity contribution in [2.45, 2.75) is 32.0 Å². The fourth-order valence-electron chi connectivity index (χ4n) is 3.60. The number of ether oxygens (including phenoxy) is 1. The van der Waals surface area contributed by atoms with Gasteiger partial charge in [0.05, 0.1) is 12.6 Å². The largest absolute Gasteiger partial charge is 0.492 e. The summed E-state index contributed by atoms with van der Waals surface area (Å²) in [7, 11) is 3.79. The van der Waals surface area contributed by atoms with Crippen molar-refractivity contribution in [2.75, 3.05) is 40.3 Å². The number of guanidine groups is 1. The molecule has 2 N–H and O–H groups in total. The van der Waals surface area contributed by atoms with Gasteiger partial charge in [-0.1, -0.05) is 35.9 Å². The molecular weight excluding hydrogens is 412 g/mol. The molecule has 2 aromatic carbocycles. The van der Waals surface area contributed by atoms with Crippen molar-refractivity contribution < 1.29 is 9.84 Å². The Morgan fingerprint density at radius 1 is 1.13 bits per heavy atom. The minimum absolute atomic E-state index is 0.124. The Morgan fingerprint density at radius 3 is 2.42 bits per heavy atom. The van der Waals surface area contributed by atoms with Crippen molar-refractivity contribution in [3.05, 3.63) is 64.7 Å². The van der Waals surface area contributed by atoms with Crippen LogP contribution in [0.4, 0.5) is 0 Å². The van der Waals surface area contributed by atoms with Gasteiger partial charge in [0.25, 0.3) is 0 Å². The van der Waals surface area contributed by atoms with E-state index in [1.807, 2.05) is 31.3 Å². The molecule has 0 unspecified atom stereocenters. The number of likely N-dealkylation sites (N-methyl/N-ethyl adjacent to an activating group) is 1.